The molecule has 4 rings (SSSR count). The second-order valence-corrected chi connectivity index (χ2v) is 8.13. The Balaban J connectivity index is 1.81. The fourth-order valence-electron chi connectivity index (χ4n) is 3.28. The molecule has 0 atom stereocenters. The third-order valence-corrected chi connectivity index (χ3v) is 5.26. The zero-order chi connectivity index (χ0) is 21.4. The third kappa shape index (κ3) is 3.76. The number of nitrogens with one attached hydrogen (secondary N) is 1. The standard InChI is InChI=1S/C22H19Cl2N5O/c1-12(2)19-18(14-5-4-6-16(24)11-14)21-27-26-20(13(3)29(21)28-19)22(30)25-17-9-7-15(23)8-10-17/h4-12H,1-3H3,(H,25,30). The number of aryl methyl sites for hydroxylation is 1. The summed E-state index contributed by atoms with van der Waals surface area (Å²) >= 11 is 12.1. The molecule has 0 aliphatic carbocycles. The van der Waals surface area contributed by atoms with Gasteiger partial charge >= 0.3 is 0 Å². The molecule has 1 N–H and O–H groups in total. The van der Waals surface area contributed by atoms with Gasteiger partial charge in [-0.1, -0.05) is 49.2 Å². The highest BCUT2D eigenvalue weighted by atomic mass is 35.5. The molecule has 4 aromatic rings. The van der Waals surface area contributed by atoms with Gasteiger partial charge in [0.2, 0.25) is 0 Å². The number of anilines is 1. The highest BCUT2D eigenvalue weighted by Crippen LogP contribution is 2.33. The molecule has 0 aliphatic rings. The Bertz CT molecular complexity index is 1250. The minimum Gasteiger partial charge on any atom is -0.321 e. The number of carbonyl (C=O) groups excluding carboxylic acids is 1. The SMILES string of the molecule is Cc1c(C(=O)Nc2ccc(Cl)cc2)nnc2c(-c3cccc(Cl)c3)c(C(C)C)nn12. The van der Waals surface area contributed by atoms with Crippen molar-refractivity contribution in [2.24, 2.45) is 0 Å². The number of rotatable bonds is 4. The van der Waals surface area contributed by atoms with Crippen molar-refractivity contribution in [3.8, 4) is 11.1 Å². The van der Waals surface area contributed by atoms with Crippen LogP contribution in [0.25, 0.3) is 16.8 Å². The lowest BCUT2D eigenvalue weighted by Gasteiger charge is -2.08. The van der Waals surface area contributed by atoms with Crippen molar-refractivity contribution < 1.29 is 4.79 Å². The number of hydrogen-bond acceptors (Lipinski definition) is 4. The molecule has 0 aliphatic heterocycles. The summed E-state index contributed by atoms with van der Waals surface area (Å²) in [5, 5.41) is 17.4. The van der Waals surface area contributed by atoms with Crippen LogP contribution >= 0.6 is 23.2 Å². The maximum absolute atomic E-state index is 12.8. The Morgan fingerprint density at radius 2 is 1.77 bits per heavy atom. The number of nitrogens with zero attached hydrogens (tertiary/aromatic N) is 4. The zero-order valence-electron chi connectivity index (χ0n) is 16.6. The molecule has 0 saturated carbocycles. The summed E-state index contributed by atoms with van der Waals surface area (Å²) in [7, 11) is 0. The summed E-state index contributed by atoms with van der Waals surface area (Å²) in [6.45, 7) is 5.93. The molecule has 30 heavy (non-hydrogen) atoms. The van der Waals surface area contributed by atoms with Crippen LogP contribution < -0.4 is 5.32 Å². The molecule has 0 fully saturated rings. The molecule has 8 heteroatoms. The molecule has 0 saturated heterocycles. The minimum absolute atomic E-state index is 0.145. The summed E-state index contributed by atoms with van der Waals surface area (Å²) in [5.74, 6) is -0.221. The van der Waals surface area contributed by atoms with Gasteiger partial charge in [0.1, 0.15) is 0 Å². The molecule has 0 unspecified atom stereocenters. The van der Waals surface area contributed by atoms with Crippen LogP contribution in [0.15, 0.2) is 48.5 Å². The van der Waals surface area contributed by atoms with Crippen molar-refractivity contribution in [3.05, 3.63) is 75.7 Å². The average Bonchev–Trinajstić information content (AvgIpc) is 3.11. The van der Waals surface area contributed by atoms with E-state index in [1.54, 1.807) is 35.7 Å². The van der Waals surface area contributed by atoms with Gasteiger partial charge in [0, 0.05) is 15.7 Å². The molecule has 2 aromatic carbocycles. The van der Waals surface area contributed by atoms with Crippen molar-refractivity contribution in [2.45, 2.75) is 26.7 Å². The van der Waals surface area contributed by atoms with Gasteiger partial charge in [0.25, 0.3) is 5.91 Å². The summed E-state index contributed by atoms with van der Waals surface area (Å²) in [5.41, 5.74) is 4.65. The Morgan fingerprint density at radius 3 is 2.43 bits per heavy atom. The van der Waals surface area contributed by atoms with Gasteiger partial charge < -0.3 is 5.32 Å². The van der Waals surface area contributed by atoms with Crippen molar-refractivity contribution in [1.82, 2.24) is 19.8 Å². The lowest BCUT2D eigenvalue weighted by atomic mass is 10.00. The smallest absolute Gasteiger partial charge is 0.278 e. The van der Waals surface area contributed by atoms with Gasteiger partial charge in [-0.25, -0.2) is 4.52 Å². The topological polar surface area (TPSA) is 72.2 Å². The second-order valence-electron chi connectivity index (χ2n) is 7.26. The molecule has 0 radical (unpaired) electrons. The van der Waals surface area contributed by atoms with Crippen molar-refractivity contribution in [1.29, 1.82) is 0 Å². The van der Waals surface area contributed by atoms with Gasteiger partial charge in [0.05, 0.1) is 17.0 Å². The van der Waals surface area contributed by atoms with Crippen molar-refractivity contribution in [3.63, 3.8) is 0 Å². The molecule has 0 bridgehead atoms. The van der Waals surface area contributed by atoms with E-state index in [9.17, 15) is 4.79 Å². The van der Waals surface area contributed by atoms with Crippen molar-refractivity contribution >= 4 is 40.4 Å². The van der Waals surface area contributed by atoms with Gasteiger partial charge in [-0.2, -0.15) is 5.10 Å². The van der Waals surface area contributed by atoms with Crippen LogP contribution in [0.1, 0.15) is 41.6 Å². The largest absolute Gasteiger partial charge is 0.321 e. The van der Waals surface area contributed by atoms with Crippen LogP contribution in [0.3, 0.4) is 0 Å². The predicted octanol–water partition coefficient (Wildman–Crippen LogP) is 5.78. The molecule has 2 heterocycles. The first-order valence-electron chi connectivity index (χ1n) is 9.44. The van der Waals surface area contributed by atoms with Crippen molar-refractivity contribution in [2.75, 3.05) is 5.32 Å². The molecule has 6 nitrogen and oxygen atoms in total. The van der Waals surface area contributed by atoms with Crippen LogP contribution in [0, 0.1) is 6.92 Å². The van der Waals surface area contributed by atoms with Gasteiger partial charge in [0.15, 0.2) is 11.3 Å². The average molecular weight is 440 g/mol. The van der Waals surface area contributed by atoms with E-state index in [-0.39, 0.29) is 17.5 Å². The highest BCUT2D eigenvalue weighted by Gasteiger charge is 2.23. The lowest BCUT2D eigenvalue weighted by Crippen LogP contribution is -2.18. The zero-order valence-corrected chi connectivity index (χ0v) is 18.2. The van der Waals surface area contributed by atoms with Crippen LogP contribution in [0.5, 0.6) is 0 Å². The maximum atomic E-state index is 12.8. The quantitative estimate of drug-likeness (QED) is 0.437. The molecule has 2 aromatic heterocycles. The Morgan fingerprint density at radius 1 is 1.03 bits per heavy atom. The van der Waals surface area contributed by atoms with E-state index >= 15 is 0 Å². The van der Waals surface area contributed by atoms with Crippen LogP contribution in [-0.4, -0.2) is 25.7 Å². The van der Waals surface area contributed by atoms with E-state index in [2.05, 4.69) is 29.4 Å². The Kier molecular flexibility index (Phi) is 5.45. The van der Waals surface area contributed by atoms with Crippen LogP contribution in [0.4, 0.5) is 5.69 Å². The molecule has 0 spiro atoms. The Labute approximate surface area is 183 Å². The lowest BCUT2D eigenvalue weighted by molar-refractivity contribution is 0.102. The number of hydrogen-bond donors (Lipinski definition) is 1. The third-order valence-electron chi connectivity index (χ3n) is 4.77. The number of aromatic nitrogens is 4. The van der Waals surface area contributed by atoms with E-state index in [0.717, 1.165) is 16.8 Å². The second kappa shape index (κ2) is 8.05. The number of carbonyl (C=O) groups is 1. The van der Waals surface area contributed by atoms with Gasteiger partial charge in [-0.3, -0.25) is 4.79 Å². The Hall–Kier alpha value is -2.96. The molecule has 152 valence electrons. The number of halogens is 2. The van der Waals surface area contributed by atoms with E-state index in [0.29, 0.717) is 27.1 Å². The first-order chi connectivity index (χ1) is 14.3. The first-order valence-corrected chi connectivity index (χ1v) is 10.2. The van der Waals surface area contributed by atoms with Gasteiger partial charge in [-0.05, 0) is 54.8 Å². The molecule has 1 amide bonds. The maximum Gasteiger partial charge on any atom is 0.278 e. The summed E-state index contributed by atoms with van der Waals surface area (Å²) in [6.07, 6.45) is 0. The minimum atomic E-state index is -0.366. The molecular weight excluding hydrogens is 421 g/mol. The van der Waals surface area contributed by atoms with Gasteiger partial charge in [-0.15, -0.1) is 10.2 Å². The fraction of sp³-hybridized carbons (Fsp3) is 0.182. The van der Waals surface area contributed by atoms with Crippen LogP contribution in [-0.2, 0) is 0 Å². The van der Waals surface area contributed by atoms with Crippen LogP contribution in [0.2, 0.25) is 10.0 Å². The number of fused-ring (bicyclic) bond motifs is 1. The summed E-state index contributed by atoms with van der Waals surface area (Å²) in [4.78, 5) is 12.8. The fourth-order valence-corrected chi connectivity index (χ4v) is 3.60. The summed E-state index contributed by atoms with van der Waals surface area (Å²) in [6, 6.07) is 14.4. The van der Waals surface area contributed by atoms with E-state index in [1.165, 1.54) is 0 Å². The predicted molar refractivity (Wildman–Crippen MR) is 119 cm³/mol. The van der Waals surface area contributed by atoms with E-state index < -0.39 is 0 Å². The van der Waals surface area contributed by atoms with E-state index in [4.69, 9.17) is 28.3 Å². The normalized spacial score (nSPS) is 11.3. The highest BCUT2D eigenvalue weighted by molar-refractivity contribution is 6.31. The van der Waals surface area contributed by atoms with E-state index in [1.807, 2.05) is 24.3 Å². The monoisotopic (exact) mass is 439 g/mol. The molecular formula is C22H19Cl2N5O. The summed E-state index contributed by atoms with van der Waals surface area (Å²) < 4.78 is 1.68. The number of benzene rings is 2. The number of amides is 1. The first kappa shape index (κ1) is 20.3.